The van der Waals surface area contributed by atoms with Gasteiger partial charge in [0.15, 0.2) is 0 Å². The minimum atomic E-state index is -0.175. The van der Waals surface area contributed by atoms with Crippen molar-refractivity contribution in [3.8, 4) is 5.69 Å². The minimum Gasteiger partial charge on any atom is -0.326 e. The van der Waals surface area contributed by atoms with Crippen molar-refractivity contribution in [3.05, 3.63) is 78.1 Å². The van der Waals surface area contributed by atoms with Crippen LogP contribution >= 0.6 is 0 Å². The number of benzene rings is 2. The van der Waals surface area contributed by atoms with Crippen molar-refractivity contribution < 1.29 is 9.59 Å². The first-order valence-electron chi connectivity index (χ1n) is 7.66. The average Bonchev–Trinajstić information content (AvgIpc) is 3.23. The molecule has 0 unspecified atom stereocenters. The van der Waals surface area contributed by atoms with E-state index in [0.29, 0.717) is 17.7 Å². The normalized spacial score (nSPS) is 12.6. The van der Waals surface area contributed by atoms with Crippen LogP contribution in [-0.4, -0.2) is 16.4 Å². The molecule has 1 aliphatic heterocycles. The zero-order valence-electron chi connectivity index (χ0n) is 12.8. The number of nitrogens with one attached hydrogen (secondary N) is 2. The highest BCUT2D eigenvalue weighted by Gasteiger charge is 2.18. The summed E-state index contributed by atoms with van der Waals surface area (Å²) in [6.07, 6.45) is 4.26. The molecule has 0 atom stereocenters. The van der Waals surface area contributed by atoms with E-state index in [4.69, 9.17) is 0 Å². The SMILES string of the molecule is O=C1Cc2cc(NC(=O)c3ccc(-n4cccc4)cc3)ccc2N1. The highest BCUT2D eigenvalue weighted by atomic mass is 16.2. The van der Waals surface area contributed by atoms with Crippen molar-refractivity contribution in [1.29, 1.82) is 0 Å². The summed E-state index contributed by atoms with van der Waals surface area (Å²) in [6, 6.07) is 16.7. The summed E-state index contributed by atoms with van der Waals surface area (Å²) < 4.78 is 1.98. The molecule has 2 amide bonds. The van der Waals surface area contributed by atoms with Crippen LogP contribution in [0.5, 0.6) is 0 Å². The van der Waals surface area contributed by atoms with E-state index in [1.807, 2.05) is 53.4 Å². The Morgan fingerprint density at radius 2 is 1.79 bits per heavy atom. The number of hydrogen-bond donors (Lipinski definition) is 2. The maximum Gasteiger partial charge on any atom is 0.255 e. The van der Waals surface area contributed by atoms with E-state index in [-0.39, 0.29) is 11.8 Å². The maximum absolute atomic E-state index is 12.4. The van der Waals surface area contributed by atoms with Crippen LogP contribution in [0.1, 0.15) is 15.9 Å². The number of amides is 2. The lowest BCUT2D eigenvalue weighted by atomic mass is 10.1. The van der Waals surface area contributed by atoms with E-state index in [2.05, 4.69) is 10.6 Å². The monoisotopic (exact) mass is 317 g/mol. The summed E-state index contributed by atoms with van der Waals surface area (Å²) in [5.41, 5.74) is 3.99. The van der Waals surface area contributed by atoms with Crippen molar-refractivity contribution in [2.24, 2.45) is 0 Å². The lowest BCUT2D eigenvalue weighted by Gasteiger charge is -2.08. The topological polar surface area (TPSA) is 63.1 Å². The summed E-state index contributed by atoms with van der Waals surface area (Å²) in [5.74, 6) is -0.194. The molecule has 5 nitrogen and oxygen atoms in total. The Labute approximate surface area is 138 Å². The Morgan fingerprint density at radius 1 is 1.04 bits per heavy atom. The number of nitrogens with zero attached hydrogens (tertiary/aromatic N) is 1. The van der Waals surface area contributed by atoms with E-state index in [1.165, 1.54) is 0 Å². The molecule has 2 N–H and O–H groups in total. The van der Waals surface area contributed by atoms with Gasteiger partial charge in [-0.1, -0.05) is 0 Å². The predicted molar refractivity (Wildman–Crippen MR) is 92.5 cm³/mol. The first-order valence-corrected chi connectivity index (χ1v) is 7.66. The van der Waals surface area contributed by atoms with Crippen LogP contribution in [0.15, 0.2) is 67.0 Å². The first-order chi connectivity index (χ1) is 11.7. The third kappa shape index (κ3) is 2.67. The Kier molecular flexibility index (Phi) is 3.39. The van der Waals surface area contributed by atoms with Crippen LogP contribution in [-0.2, 0) is 11.2 Å². The van der Waals surface area contributed by atoms with Crippen molar-refractivity contribution in [2.45, 2.75) is 6.42 Å². The minimum absolute atomic E-state index is 0.0194. The van der Waals surface area contributed by atoms with E-state index in [0.717, 1.165) is 16.9 Å². The van der Waals surface area contributed by atoms with Crippen molar-refractivity contribution >= 4 is 23.2 Å². The number of carbonyl (C=O) groups excluding carboxylic acids is 2. The van der Waals surface area contributed by atoms with E-state index in [9.17, 15) is 9.59 Å². The molecule has 0 aliphatic carbocycles. The molecular formula is C19H15N3O2. The van der Waals surface area contributed by atoms with Gasteiger partial charge in [0.05, 0.1) is 6.42 Å². The molecule has 1 aliphatic rings. The zero-order valence-corrected chi connectivity index (χ0v) is 12.8. The van der Waals surface area contributed by atoms with Crippen LogP contribution in [0.2, 0.25) is 0 Å². The molecule has 2 heterocycles. The van der Waals surface area contributed by atoms with Gasteiger partial charge in [-0.25, -0.2) is 0 Å². The largest absolute Gasteiger partial charge is 0.326 e. The van der Waals surface area contributed by atoms with Crippen LogP contribution in [0.3, 0.4) is 0 Å². The van der Waals surface area contributed by atoms with Gasteiger partial charge >= 0.3 is 0 Å². The molecule has 4 rings (SSSR count). The molecule has 3 aromatic rings. The maximum atomic E-state index is 12.4. The summed E-state index contributed by atoms with van der Waals surface area (Å²) in [7, 11) is 0. The molecular weight excluding hydrogens is 302 g/mol. The lowest BCUT2D eigenvalue weighted by molar-refractivity contribution is -0.115. The quantitative estimate of drug-likeness (QED) is 0.779. The Bertz CT molecular complexity index is 912. The second-order valence-corrected chi connectivity index (χ2v) is 5.69. The molecule has 0 saturated heterocycles. The van der Waals surface area contributed by atoms with Gasteiger partial charge in [0.25, 0.3) is 5.91 Å². The molecule has 2 aromatic carbocycles. The van der Waals surface area contributed by atoms with E-state index in [1.54, 1.807) is 18.2 Å². The fourth-order valence-electron chi connectivity index (χ4n) is 2.80. The van der Waals surface area contributed by atoms with Gasteiger partial charge in [0.2, 0.25) is 5.91 Å². The van der Waals surface area contributed by atoms with Gasteiger partial charge in [-0.3, -0.25) is 9.59 Å². The summed E-state index contributed by atoms with van der Waals surface area (Å²) in [4.78, 5) is 23.8. The van der Waals surface area contributed by atoms with Gasteiger partial charge in [-0.05, 0) is 60.2 Å². The summed E-state index contributed by atoms with van der Waals surface area (Å²) >= 11 is 0. The number of rotatable bonds is 3. The van der Waals surface area contributed by atoms with E-state index < -0.39 is 0 Å². The number of hydrogen-bond acceptors (Lipinski definition) is 2. The standard InChI is InChI=1S/C19H15N3O2/c23-18-12-14-11-15(5-8-17(14)21-18)20-19(24)13-3-6-16(7-4-13)22-9-1-2-10-22/h1-11H,12H2,(H,20,24)(H,21,23). The van der Waals surface area contributed by atoms with Crippen LogP contribution in [0.25, 0.3) is 5.69 Å². The first kappa shape index (κ1) is 14.3. The second kappa shape index (κ2) is 5.70. The highest BCUT2D eigenvalue weighted by molar-refractivity contribution is 6.05. The Balaban J connectivity index is 1.50. The molecule has 0 spiro atoms. The van der Waals surface area contributed by atoms with E-state index >= 15 is 0 Å². The number of anilines is 2. The number of aromatic nitrogens is 1. The molecule has 5 heteroatoms. The lowest BCUT2D eigenvalue weighted by Crippen LogP contribution is -2.12. The van der Waals surface area contributed by atoms with Gasteiger partial charge < -0.3 is 15.2 Å². The molecule has 0 saturated carbocycles. The van der Waals surface area contributed by atoms with Crippen molar-refractivity contribution in [1.82, 2.24) is 4.57 Å². The van der Waals surface area contributed by atoms with Gasteiger partial charge in [0, 0.05) is 35.0 Å². The number of carbonyl (C=O) groups is 2. The van der Waals surface area contributed by atoms with Crippen LogP contribution < -0.4 is 10.6 Å². The van der Waals surface area contributed by atoms with Crippen LogP contribution in [0, 0.1) is 0 Å². The Morgan fingerprint density at radius 3 is 2.54 bits per heavy atom. The number of fused-ring (bicyclic) bond motifs is 1. The fourth-order valence-corrected chi connectivity index (χ4v) is 2.80. The van der Waals surface area contributed by atoms with Crippen LogP contribution in [0.4, 0.5) is 11.4 Å². The summed E-state index contributed by atoms with van der Waals surface area (Å²) in [5, 5.41) is 5.65. The second-order valence-electron chi connectivity index (χ2n) is 5.69. The third-order valence-corrected chi connectivity index (χ3v) is 4.02. The highest BCUT2D eigenvalue weighted by Crippen LogP contribution is 2.26. The molecule has 0 bridgehead atoms. The van der Waals surface area contributed by atoms with Gasteiger partial charge in [-0.2, -0.15) is 0 Å². The predicted octanol–water partition coefficient (Wildman–Crippen LogP) is 3.22. The van der Waals surface area contributed by atoms with Gasteiger partial charge in [0.1, 0.15) is 0 Å². The molecule has 1 aromatic heterocycles. The third-order valence-electron chi connectivity index (χ3n) is 4.02. The molecule has 24 heavy (non-hydrogen) atoms. The molecule has 0 radical (unpaired) electrons. The smallest absolute Gasteiger partial charge is 0.255 e. The zero-order chi connectivity index (χ0) is 16.5. The van der Waals surface area contributed by atoms with Crippen molar-refractivity contribution in [2.75, 3.05) is 10.6 Å². The van der Waals surface area contributed by atoms with Gasteiger partial charge in [-0.15, -0.1) is 0 Å². The average molecular weight is 317 g/mol. The molecule has 118 valence electrons. The fraction of sp³-hybridized carbons (Fsp3) is 0.0526. The summed E-state index contributed by atoms with van der Waals surface area (Å²) in [6.45, 7) is 0. The molecule has 0 fully saturated rings. The van der Waals surface area contributed by atoms with Crippen molar-refractivity contribution in [3.63, 3.8) is 0 Å². The Hall–Kier alpha value is -3.34.